The van der Waals surface area contributed by atoms with Gasteiger partial charge in [-0.1, -0.05) is 12.1 Å². The molecule has 0 atom stereocenters. The molecule has 0 aliphatic carbocycles. The third-order valence-corrected chi connectivity index (χ3v) is 2.92. The Kier molecular flexibility index (Phi) is 6.22. The van der Waals surface area contributed by atoms with Crippen LogP contribution in [0.3, 0.4) is 0 Å². The van der Waals surface area contributed by atoms with Crippen molar-refractivity contribution < 1.29 is 40.7 Å². The molecule has 24 heavy (non-hydrogen) atoms. The van der Waals surface area contributed by atoms with Crippen LogP contribution in [0.25, 0.3) is 0 Å². The molecule has 1 aromatic rings. The summed E-state index contributed by atoms with van der Waals surface area (Å²) in [5, 5.41) is 0. The molecule has 134 valence electrons. The van der Waals surface area contributed by atoms with E-state index in [0.29, 0.717) is 10.5 Å². The fourth-order valence-corrected chi connectivity index (χ4v) is 1.75. The van der Waals surface area contributed by atoms with Gasteiger partial charge in [0.1, 0.15) is 0 Å². The molecule has 0 saturated heterocycles. The Hall–Kier alpha value is -2.26. The molecule has 4 nitrogen and oxygen atoms in total. The first-order valence-corrected chi connectivity index (χ1v) is 6.60. The SMILES string of the molecule is CN(C(=O)C(F)(F)F)c1cccc(CCCOC(=O)C(F)(F)F)c1. The number of anilines is 1. The summed E-state index contributed by atoms with van der Waals surface area (Å²) < 4.78 is 76.9. The number of benzene rings is 1. The minimum atomic E-state index is -5.07. The number of alkyl halides is 6. The molecule has 0 aromatic heterocycles. The molecule has 0 aliphatic rings. The fourth-order valence-electron chi connectivity index (χ4n) is 1.75. The molecule has 0 unspecified atom stereocenters. The number of esters is 1. The number of ether oxygens (including phenoxy) is 1. The lowest BCUT2D eigenvalue weighted by molar-refractivity contribution is -0.199. The number of hydrogen-bond acceptors (Lipinski definition) is 3. The first-order chi connectivity index (χ1) is 10.9. The van der Waals surface area contributed by atoms with Gasteiger partial charge in [-0.15, -0.1) is 0 Å². The van der Waals surface area contributed by atoms with Crippen LogP contribution in [-0.4, -0.2) is 37.9 Å². The topological polar surface area (TPSA) is 46.6 Å². The van der Waals surface area contributed by atoms with Crippen molar-refractivity contribution in [2.45, 2.75) is 25.2 Å². The van der Waals surface area contributed by atoms with E-state index < -0.39 is 30.8 Å². The molecule has 0 saturated carbocycles. The highest BCUT2D eigenvalue weighted by molar-refractivity contribution is 5.96. The van der Waals surface area contributed by atoms with Crippen LogP contribution in [0.15, 0.2) is 24.3 Å². The number of hydrogen-bond donors (Lipinski definition) is 0. The Bertz CT molecular complexity index is 597. The van der Waals surface area contributed by atoms with Gasteiger partial charge in [-0.2, -0.15) is 26.3 Å². The van der Waals surface area contributed by atoms with Crippen LogP contribution in [0, 0.1) is 0 Å². The molecular formula is C14H13F6NO3. The highest BCUT2D eigenvalue weighted by Gasteiger charge is 2.42. The quantitative estimate of drug-likeness (QED) is 0.462. The van der Waals surface area contributed by atoms with E-state index >= 15 is 0 Å². The van der Waals surface area contributed by atoms with Crippen molar-refractivity contribution in [3.63, 3.8) is 0 Å². The van der Waals surface area contributed by atoms with Gasteiger partial charge in [-0.3, -0.25) is 4.79 Å². The highest BCUT2D eigenvalue weighted by Crippen LogP contribution is 2.23. The molecule has 0 spiro atoms. The molecule has 1 amide bonds. The Labute approximate surface area is 133 Å². The second-order valence-electron chi connectivity index (χ2n) is 4.77. The third-order valence-electron chi connectivity index (χ3n) is 2.92. The van der Waals surface area contributed by atoms with Gasteiger partial charge in [0.2, 0.25) is 0 Å². The van der Waals surface area contributed by atoms with Crippen LogP contribution in [0.4, 0.5) is 32.0 Å². The number of amides is 1. The summed E-state index contributed by atoms with van der Waals surface area (Å²) in [4.78, 5) is 22.1. The lowest BCUT2D eigenvalue weighted by Crippen LogP contribution is -2.38. The van der Waals surface area contributed by atoms with E-state index in [1.165, 1.54) is 24.3 Å². The lowest BCUT2D eigenvalue weighted by atomic mass is 10.1. The summed E-state index contributed by atoms with van der Waals surface area (Å²) in [6.07, 6.45) is -9.88. The molecule has 1 rings (SSSR count). The van der Waals surface area contributed by atoms with Gasteiger partial charge in [0, 0.05) is 12.7 Å². The number of carbonyl (C=O) groups is 2. The van der Waals surface area contributed by atoms with Crippen LogP contribution in [-0.2, 0) is 20.7 Å². The molecule has 0 N–H and O–H groups in total. The maximum atomic E-state index is 12.4. The van der Waals surface area contributed by atoms with Gasteiger partial charge >= 0.3 is 24.2 Å². The maximum Gasteiger partial charge on any atom is 0.490 e. The van der Waals surface area contributed by atoms with E-state index in [9.17, 15) is 35.9 Å². The van der Waals surface area contributed by atoms with Crippen LogP contribution in [0.5, 0.6) is 0 Å². The number of nitrogens with zero attached hydrogens (tertiary/aromatic N) is 1. The van der Waals surface area contributed by atoms with Gasteiger partial charge < -0.3 is 9.64 Å². The monoisotopic (exact) mass is 357 g/mol. The fraction of sp³-hybridized carbons (Fsp3) is 0.429. The van der Waals surface area contributed by atoms with Crippen molar-refractivity contribution in [3.8, 4) is 0 Å². The second-order valence-corrected chi connectivity index (χ2v) is 4.77. The largest absolute Gasteiger partial charge is 0.490 e. The van der Waals surface area contributed by atoms with Gasteiger partial charge in [-0.25, -0.2) is 4.79 Å². The molecule has 0 fully saturated rings. The zero-order chi connectivity index (χ0) is 18.5. The molecule has 0 bridgehead atoms. The van der Waals surface area contributed by atoms with Crippen LogP contribution in [0.2, 0.25) is 0 Å². The summed E-state index contributed by atoms with van der Waals surface area (Å²) in [6.45, 7) is -0.486. The summed E-state index contributed by atoms with van der Waals surface area (Å²) in [5.74, 6) is -4.34. The summed E-state index contributed by atoms with van der Waals surface area (Å²) >= 11 is 0. The Morgan fingerprint density at radius 1 is 1.08 bits per heavy atom. The van der Waals surface area contributed by atoms with Crippen LogP contribution >= 0.6 is 0 Å². The van der Waals surface area contributed by atoms with Crippen LogP contribution < -0.4 is 4.90 Å². The summed E-state index contributed by atoms with van der Waals surface area (Å²) in [5.41, 5.74) is 0.472. The van der Waals surface area contributed by atoms with Gasteiger partial charge in [0.25, 0.3) is 0 Å². The average Bonchev–Trinajstić information content (AvgIpc) is 2.48. The van der Waals surface area contributed by atoms with Crippen molar-refractivity contribution in [1.29, 1.82) is 0 Å². The Balaban J connectivity index is 2.60. The van der Waals surface area contributed by atoms with Crippen molar-refractivity contribution in [2.75, 3.05) is 18.6 Å². The maximum absolute atomic E-state index is 12.4. The lowest BCUT2D eigenvalue weighted by Gasteiger charge is -2.19. The van der Waals surface area contributed by atoms with E-state index in [-0.39, 0.29) is 18.5 Å². The Morgan fingerprint density at radius 2 is 1.71 bits per heavy atom. The van der Waals surface area contributed by atoms with E-state index in [4.69, 9.17) is 0 Å². The van der Waals surface area contributed by atoms with Crippen molar-refractivity contribution in [2.24, 2.45) is 0 Å². The summed E-state index contributed by atoms with van der Waals surface area (Å²) in [7, 11) is 0.958. The van der Waals surface area contributed by atoms with Crippen molar-refractivity contribution in [1.82, 2.24) is 0 Å². The minimum absolute atomic E-state index is 0.0119. The van der Waals surface area contributed by atoms with Crippen molar-refractivity contribution in [3.05, 3.63) is 29.8 Å². The minimum Gasteiger partial charge on any atom is -0.459 e. The van der Waals surface area contributed by atoms with Gasteiger partial charge in [0.15, 0.2) is 0 Å². The second kappa shape index (κ2) is 7.54. The zero-order valence-electron chi connectivity index (χ0n) is 12.4. The number of halogens is 6. The zero-order valence-corrected chi connectivity index (χ0v) is 12.4. The molecule has 0 aliphatic heterocycles. The molecule has 0 radical (unpaired) electrons. The smallest absolute Gasteiger partial charge is 0.459 e. The molecule has 10 heteroatoms. The number of carbonyl (C=O) groups excluding carboxylic acids is 2. The van der Waals surface area contributed by atoms with Crippen molar-refractivity contribution >= 4 is 17.6 Å². The average molecular weight is 357 g/mol. The van der Waals surface area contributed by atoms with E-state index in [1.54, 1.807) is 0 Å². The first-order valence-electron chi connectivity index (χ1n) is 6.60. The molecule has 0 heterocycles. The van der Waals surface area contributed by atoms with E-state index in [0.717, 1.165) is 7.05 Å². The highest BCUT2D eigenvalue weighted by atomic mass is 19.4. The molecule has 1 aromatic carbocycles. The predicted molar refractivity (Wildman–Crippen MR) is 71.2 cm³/mol. The number of rotatable bonds is 5. The van der Waals surface area contributed by atoms with Gasteiger partial charge in [0.05, 0.1) is 6.61 Å². The number of aryl methyl sites for hydroxylation is 1. The van der Waals surface area contributed by atoms with Crippen LogP contribution in [0.1, 0.15) is 12.0 Å². The standard InChI is InChI=1S/C14H13F6NO3/c1-21(11(22)13(15,16)17)10-6-2-4-9(8-10)5-3-7-24-12(23)14(18,19)20/h2,4,6,8H,3,5,7H2,1H3. The first kappa shape index (κ1) is 19.8. The normalized spacial score (nSPS) is 12.0. The van der Waals surface area contributed by atoms with Gasteiger partial charge in [-0.05, 0) is 30.5 Å². The third kappa shape index (κ3) is 5.74. The van der Waals surface area contributed by atoms with E-state index in [2.05, 4.69) is 4.74 Å². The van der Waals surface area contributed by atoms with E-state index in [1.807, 2.05) is 0 Å². The Morgan fingerprint density at radius 3 is 2.25 bits per heavy atom. The predicted octanol–water partition coefficient (Wildman–Crippen LogP) is 3.25. The summed E-state index contributed by atoms with van der Waals surface area (Å²) in [6, 6.07) is 5.53. The molecular weight excluding hydrogens is 344 g/mol.